The fourth-order valence-corrected chi connectivity index (χ4v) is 3.12. The van der Waals surface area contributed by atoms with Crippen LogP contribution in [-0.2, 0) is 0 Å². The predicted octanol–water partition coefficient (Wildman–Crippen LogP) is 3.35. The first-order chi connectivity index (χ1) is 12.2. The summed E-state index contributed by atoms with van der Waals surface area (Å²) in [5, 5.41) is 11.9. The average Bonchev–Trinajstić information content (AvgIpc) is 2.91. The number of anilines is 1. The number of fused-ring (bicyclic) bond motifs is 2. The molecule has 0 fully saturated rings. The summed E-state index contributed by atoms with van der Waals surface area (Å²) in [6.07, 6.45) is 10.9. The minimum absolute atomic E-state index is 0.0962. The van der Waals surface area contributed by atoms with E-state index in [0.717, 1.165) is 16.6 Å². The van der Waals surface area contributed by atoms with Gasteiger partial charge in [-0.2, -0.15) is 0 Å². The van der Waals surface area contributed by atoms with Gasteiger partial charge < -0.3 is 10.8 Å². The Morgan fingerprint density at radius 3 is 2.60 bits per heavy atom. The quantitative estimate of drug-likeness (QED) is 0.589. The number of allylic oxidation sites excluding steroid dienone is 4. The number of para-hydroxylation sites is 1. The predicted molar refractivity (Wildman–Crippen MR) is 97.8 cm³/mol. The highest BCUT2D eigenvalue weighted by Gasteiger charge is 2.19. The molecule has 1 aliphatic carbocycles. The van der Waals surface area contributed by atoms with Gasteiger partial charge in [-0.15, -0.1) is 0 Å². The SMILES string of the molecule is Nc1c2cccc(-c3ncccn3)c2nc2cn(C3=CC=C3)c(O)c12. The van der Waals surface area contributed by atoms with Crippen molar-refractivity contribution in [1.82, 2.24) is 19.5 Å². The number of aromatic nitrogens is 4. The number of nitrogens with zero attached hydrogens (tertiary/aromatic N) is 4. The Morgan fingerprint density at radius 1 is 1.08 bits per heavy atom. The van der Waals surface area contributed by atoms with E-state index >= 15 is 0 Å². The molecule has 0 radical (unpaired) electrons. The first kappa shape index (κ1) is 13.7. The Labute approximate surface area is 142 Å². The molecule has 0 spiro atoms. The molecule has 0 amide bonds. The van der Waals surface area contributed by atoms with Crippen molar-refractivity contribution in [1.29, 1.82) is 0 Å². The molecular formula is C19H13N5O. The second kappa shape index (κ2) is 4.91. The van der Waals surface area contributed by atoms with Crippen LogP contribution in [0.3, 0.4) is 0 Å². The lowest BCUT2D eigenvalue weighted by Crippen LogP contribution is -1.95. The summed E-state index contributed by atoms with van der Waals surface area (Å²) in [7, 11) is 0. The Balaban J connectivity index is 1.86. The molecule has 0 saturated heterocycles. The molecule has 0 bridgehead atoms. The third-order valence-corrected chi connectivity index (χ3v) is 4.41. The number of hydrogen-bond acceptors (Lipinski definition) is 5. The van der Waals surface area contributed by atoms with Gasteiger partial charge in [0, 0.05) is 35.2 Å². The molecule has 1 aromatic carbocycles. The molecule has 0 atom stereocenters. The van der Waals surface area contributed by atoms with Crippen molar-refractivity contribution in [3.63, 3.8) is 0 Å². The lowest BCUT2D eigenvalue weighted by Gasteiger charge is -2.10. The summed E-state index contributed by atoms with van der Waals surface area (Å²) in [5.41, 5.74) is 9.93. The summed E-state index contributed by atoms with van der Waals surface area (Å²) in [5.74, 6) is 0.687. The Hall–Kier alpha value is -3.67. The van der Waals surface area contributed by atoms with Gasteiger partial charge in [0.2, 0.25) is 5.88 Å². The molecule has 0 saturated carbocycles. The summed E-state index contributed by atoms with van der Waals surface area (Å²) >= 11 is 0. The van der Waals surface area contributed by atoms with Crippen LogP contribution in [0.5, 0.6) is 5.88 Å². The van der Waals surface area contributed by atoms with Crippen LogP contribution in [0.1, 0.15) is 0 Å². The van der Waals surface area contributed by atoms with Crippen molar-refractivity contribution in [2.75, 3.05) is 5.73 Å². The maximum atomic E-state index is 10.6. The molecule has 3 N–H and O–H groups in total. The van der Waals surface area contributed by atoms with Crippen molar-refractivity contribution in [3.8, 4) is 17.3 Å². The van der Waals surface area contributed by atoms with E-state index in [2.05, 4.69) is 9.97 Å². The topological polar surface area (TPSA) is 89.9 Å². The molecule has 25 heavy (non-hydrogen) atoms. The molecule has 5 rings (SSSR count). The molecule has 4 aromatic rings. The van der Waals surface area contributed by atoms with Crippen LogP contribution < -0.4 is 5.73 Å². The summed E-state index contributed by atoms with van der Waals surface area (Å²) in [6, 6.07) is 7.47. The van der Waals surface area contributed by atoms with Gasteiger partial charge in [0.1, 0.15) is 0 Å². The van der Waals surface area contributed by atoms with E-state index in [1.165, 1.54) is 0 Å². The van der Waals surface area contributed by atoms with Gasteiger partial charge in [-0.25, -0.2) is 15.0 Å². The average molecular weight is 327 g/mol. The Kier molecular flexibility index (Phi) is 2.70. The van der Waals surface area contributed by atoms with Crippen LogP contribution >= 0.6 is 0 Å². The number of aromatic hydroxyl groups is 1. The highest BCUT2D eigenvalue weighted by Crippen LogP contribution is 2.39. The molecule has 3 heterocycles. The molecule has 120 valence electrons. The highest BCUT2D eigenvalue weighted by atomic mass is 16.3. The minimum Gasteiger partial charge on any atom is -0.494 e. The normalized spacial score (nSPS) is 13.2. The molecule has 0 aliphatic heterocycles. The van der Waals surface area contributed by atoms with E-state index in [0.29, 0.717) is 27.9 Å². The lowest BCUT2D eigenvalue weighted by molar-refractivity contribution is 0.450. The highest BCUT2D eigenvalue weighted by molar-refractivity contribution is 6.12. The van der Waals surface area contributed by atoms with Gasteiger partial charge in [-0.05, 0) is 24.3 Å². The lowest BCUT2D eigenvalue weighted by atomic mass is 10.1. The maximum Gasteiger partial charge on any atom is 0.207 e. The van der Waals surface area contributed by atoms with Crippen molar-refractivity contribution in [2.24, 2.45) is 0 Å². The third-order valence-electron chi connectivity index (χ3n) is 4.41. The first-order valence-electron chi connectivity index (χ1n) is 7.82. The minimum atomic E-state index is 0.0962. The molecular weight excluding hydrogens is 314 g/mol. The number of hydrogen-bond donors (Lipinski definition) is 2. The van der Waals surface area contributed by atoms with Crippen LogP contribution in [0, 0.1) is 0 Å². The van der Waals surface area contributed by atoms with E-state index in [1.807, 2.05) is 36.4 Å². The van der Waals surface area contributed by atoms with Crippen LogP contribution in [0.2, 0.25) is 0 Å². The largest absolute Gasteiger partial charge is 0.494 e. The summed E-state index contributed by atoms with van der Waals surface area (Å²) < 4.78 is 1.69. The standard InChI is InChI=1S/C19H13N5O/c20-16-12-6-2-7-13(18-21-8-3-9-22-18)17(12)23-14-10-24(11-4-1-5-11)19(25)15(14)16/h1-10,25H,20H2. The smallest absolute Gasteiger partial charge is 0.207 e. The maximum absolute atomic E-state index is 10.6. The van der Waals surface area contributed by atoms with E-state index in [1.54, 1.807) is 29.2 Å². The molecule has 0 unspecified atom stereocenters. The number of pyridine rings is 1. The Bertz CT molecular complexity index is 1210. The number of benzene rings is 1. The van der Waals surface area contributed by atoms with Crippen LogP contribution in [0.25, 0.3) is 38.9 Å². The second-order valence-electron chi connectivity index (χ2n) is 5.83. The van der Waals surface area contributed by atoms with Crippen molar-refractivity contribution in [3.05, 3.63) is 61.1 Å². The number of nitrogen functional groups attached to an aromatic ring is 1. The molecule has 6 nitrogen and oxygen atoms in total. The summed E-state index contributed by atoms with van der Waals surface area (Å²) in [4.78, 5) is 13.4. The van der Waals surface area contributed by atoms with E-state index in [4.69, 9.17) is 10.7 Å². The first-order valence-corrected chi connectivity index (χ1v) is 7.82. The van der Waals surface area contributed by atoms with Crippen LogP contribution in [-0.4, -0.2) is 24.6 Å². The third kappa shape index (κ3) is 1.88. The zero-order chi connectivity index (χ0) is 17.0. The molecule has 3 aromatic heterocycles. The zero-order valence-electron chi connectivity index (χ0n) is 13.1. The fourth-order valence-electron chi connectivity index (χ4n) is 3.12. The summed E-state index contributed by atoms with van der Waals surface area (Å²) in [6.45, 7) is 0. The van der Waals surface area contributed by atoms with Crippen molar-refractivity contribution in [2.45, 2.75) is 0 Å². The van der Waals surface area contributed by atoms with Crippen LogP contribution in [0.15, 0.2) is 61.1 Å². The van der Waals surface area contributed by atoms with Gasteiger partial charge in [0.05, 0.1) is 22.1 Å². The van der Waals surface area contributed by atoms with Gasteiger partial charge in [0.15, 0.2) is 5.82 Å². The molecule has 1 aliphatic rings. The fraction of sp³-hybridized carbons (Fsp3) is 0. The van der Waals surface area contributed by atoms with Crippen molar-refractivity contribution < 1.29 is 5.11 Å². The molecule has 6 heteroatoms. The van der Waals surface area contributed by atoms with E-state index in [-0.39, 0.29) is 5.88 Å². The van der Waals surface area contributed by atoms with E-state index < -0.39 is 0 Å². The van der Waals surface area contributed by atoms with Gasteiger partial charge in [-0.1, -0.05) is 18.2 Å². The number of nitrogens with two attached hydrogens (primary N) is 1. The van der Waals surface area contributed by atoms with Crippen molar-refractivity contribution >= 4 is 33.2 Å². The van der Waals surface area contributed by atoms with Crippen LogP contribution in [0.4, 0.5) is 5.69 Å². The number of rotatable bonds is 2. The Morgan fingerprint density at radius 2 is 1.88 bits per heavy atom. The van der Waals surface area contributed by atoms with Gasteiger partial charge in [0.25, 0.3) is 0 Å². The zero-order valence-corrected chi connectivity index (χ0v) is 13.1. The van der Waals surface area contributed by atoms with E-state index in [9.17, 15) is 5.11 Å². The van der Waals surface area contributed by atoms with Gasteiger partial charge in [-0.3, -0.25) is 4.57 Å². The van der Waals surface area contributed by atoms with Gasteiger partial charge >= 0.3 is 0 Å². The second-order valence-corrected chi connectivity index (χ2v) is 5.83. The monoisotopic (exact) mass is 327 g/mol.